The molecule has 134 valence electrons. The van der Waals surface area contributed by atoms with Crippen LogP contribution in [0.1, 0.15) is 51.0 Å². The minimum atomic E-state index is 0. The minimum absolute atomic E-state index is 0. The second-order valence-corrected chi connectivity index (χ2v) is 7.28. The lowest BCUT2D eigenvalue weighted by Gasteiger charge is -2.35. The Kier molecular flexibility index (Phi) is 6.53. The van der Waals surface area contributed by atoms with E-state index in [0.717, 1.165) is 18.6 Å². The first-order valence-corrected chi connectivity index (χ1v) is 8.77. The van der Waals surface area contributed by atoms with Crippen LogP contribution in [0, 0.1) is 0 Å². The van der Waals surface area contributed by atoms with Crippen LogP contribution in [0.4, 0.5) is 0 Å². The number of likely N-dealkylation sites (N-methyl/N-ethyl adjacent to an activating group) is 1. The van der Waals surface area contributed by atoms with Gasteiger partial charge < -0.3 is 15.0 Å². The quantitative estimate of drug-likeness (QED) is 0.883. The van der Waals surface area contributed by atoms with E-state index in [9.17, 15) is 4.79 Å². The van der Waals surface area contributed by atoms with Gasteiger partial charge in [-0.05, 0) is 49.3 Å². The SMILES string of the molecule is CC(C)c1ccc(OCC(=O)N(C)C2CC3CCC(C2)N3)cc1.Cl. The first-order chi connectivity index (χ1) is 11.0. The maximum atomic E-state index is 12.4. The number of hydrogen-bond donors (Lipinski definition) is 1. The number of nitrogens with zero attached hydrogens (tertiary/aromatic N) is 1. The van der Waals surface area contributed by atoms with Crippen molar-refractivity contribution in [2.24, 2.45) is 0 Å². The molecule has 3 rings (SSSR count). The molecule has 0 radical (unpaired) electrons. The van der Waals surface area contributed by atoms with Gasteiger partial charge in [-0.1, -0.05) is 26.0 Å². The van der Waals surface area contributed by atoms with Crippen molar-refractivity contribution in [1.82, 2.24) is 10.2 Å². The molecule has 2 saturated heterocycles. The highest BCUT2D eigenvalue weighted by Crippen LogP contribution is 2.29. The summed E-state index contributed by atoms with van der Waals surface area (Å²) in [6.07, 6.45) is 4.65. The smallest absolute Gasteiger partial charge is 0.260 e. The summed E-state index contributed by atoms with van der Waals surface area (Å²) in [4.78, 5) is 14.3. The summed E-state index contributed by atoms with van der Waals surface area (Å²) < 4.78 is 5.68. The van der Waals surface area contributed by atoms with Gasteiger partial charge in [0.15, 0.2) is 6.61 Å². The number of halogens is 1. The third-order valence-electron chi connectivity index (χ3n) is 5.30. The van der Waals surface area contributed by atoms with Gasteiger partial charge in [-0.2, -0.15) is 0 Å². The van der Waals surface area contributed by atoms with E-state index in [2.05, 4.69) is 31.3 Å². The number of benzene rings is 1. The highest BCUT2D eigenvalue weighted by molar-refractivity contribution is 5.85. The van der Waals surface area contributed by atoms with E-state index in [1.165, 1.54) is 18.4 Å². The molecule has 1 N–H and O–H groups in total. The van der Waals surface area contributed by atoms with E-state index in [0.29, 0.717) is 24.0 Å². The molecule has 0 saturated carbocycles. The summed E-state index contributed by atoms with van der Waals surface area (Å²) >= 11 is 0. The lowest BCUT2D eigenvalue weighted by Crippen LogP contribution is -2.49. The number of carbonyl (C=O) groups is 1. The lowest BCUT2D eigenvalue weighted by molar-refractivity contribution is -0.134. The number of fused-ring (bicyclic) bond motifs is 2. The molecule has 2 atom stereocenters. The van der Waals surface area contributed by atoms with Crippen LogP contribution >= 0.6 is 12.4 Å². The third kappa shape index (κ3) is 4.42. The number of nitrogens with one attached hydrogen (secondary N) is 1. The van der Waals surface area contributed by atoms with Crippen molar-refractivity contribution in [3.63, 3.8) is 0 Å². The van der Waals surface area contributed by atoms with Gasteiger partial charge >= 0.3 is 0 Å². The molecule has 0 spiro atoms. The molecule has 2 heterocycles. The Morgan fingerprint density at radius 2 is 1.79 bits per heavy atom. The highest BCUT2D eigenvalue weighted by atomic mass is 35.5. The zero-order chi connectivity index (χ0) is 16.4. The standard InChI is InChI=1S/C19H28N2O2.ClH/c1-13(2)14-4-8-18(9-5-14)23-12-19(22)21(3)17-10-15-6-7-16(11-17)20-15;/h4-5,8-9,13,15-17,20H,6-7,10-12H2,1-3H3;1H. The Bertz CT molecular complexity index is 535. The van der Waals surface area contributed by atoms with Crippen molar-refractivity contribution in [1.29, 1.82) is 0 Å². The predicted molar refractivity (Wildman–Crippen MR) is 99.0 cm³/mol. The van der Waals surface area contributed by atoms with Crippen LogP contribution in [0.3, 0.4) is 0 Å². The molecule has 0 aliphatic carbocycles. The average molecular weight is 353 g/mol. The summed E-state index contributed by atoms with van der Waals surface area (Å²) in [5, 5.41) is 3.62. The number of piperidine rings is 1. The molecule has 1 aromatic rings. The fourth-order valence-corrected chi connectivity index (χ4v) is 3.74. The van der Waals surface area contributed by atoms with Gasteiger partial charge in [0, 0.05) is 25.2 Å². The Labute approximate surface area is 151 Å². The second kappa shape index (κ2) is 8.21. The van der Waals surface area contributed by atoms with Crippen molar-refractivity contribution in [2.45, 2.75) is 63.6 Å². The molecule has 4 nitrogen and oxygen atoms in total. The van der Waals surface area contributed by atoms with Crippen LogP contribution in [0.5, 0.6) is 5.75 Å². The van der Waals surface area contributed by atoms with Crippen LogP contribution in [0.15, 0.2) is 24.3 Å². The van der Waals surface area contributed by atoms with Crippen LogP contribution in [-0.2, 0) is 4.79 Å². The van der Waals surface area contributed by atoms with Crippen LogP contribution in [-0.4, -0.2) is 42.6 Å². The first-order valence-electron chi connectivity index (χ1n) is 8.77. The van der Waals surface area contributed by atoms with E-state index in [1.54, 1.807) is 0 Å². The molecular formula is C19H29ClN2O2. The second-order valence-electron chi connectivity index (χ2n) is 7.28. The van der Waals surface area contributed by atoms with Gasteiger partial charge in [0.2, 0.25) is 0 Å². The Balaban J connectivity index is 0.00000208. The van der Waals surface area contributed by atoms with Gasteiger partial charge in [0.25, 0.3) is 5.91 Å². The third-order valence-corrected chi connectivity index (χ3v) is 5.30. The first kappa shape index (κ1) is 19.1. The fraction of sp³-hybridized carbons (Fsp3) is 0.632. The van der Waals surface area contributed by atoms with Gasteiger partial charge in [-0.3, -0.25) is 4.79 Å². The van der Waals surface area contributed by atoms with Crippen molar-refractivity contribution in [2.75, 3.05) is 13.7 Å². The molecule has 2 aliphatic heterocycles. The number of carbonyl (C=O) groups excluding carboxylic acids is 1. The zero-order valence-corrected chi connectivity index (χ0v) is 15.6. The van der Waals surface area contributed by atoms with Crippen molar-refractivity contribution in [3.8, 4) is 5.75 Å². The van der Waals surface area contributed by atoms with Crippen LogP contribution in [0.2, 0.25) is 0 Å². The van der Waals surface area contributed by atoms with Crippen LogP contribution < -0.4 is 10.1 Å². The molecule has 1 aromatic carbocycles. The maximum Gasteiger partial charge on any atom is 0.260 e. The van der Waals surface area contributed by atoms with E-state index < -0.39 is 0 Å². The molecule has 0 aromatic heterocycles. The minimum Gasteiger partial charge on any atom is -0.484 e. The summed E-state index contributed by atoms with van der Waals surface area (Å²) in [5.41, 5.74) is 1.28. The molecule has 1 amide bonds. The van der Waals surface area contributed by atoms with Gasteiger partial charge in [-0.25, -0.2) is 0 Å². The Hall–Kier alpha value is -1.26. The largest absolute Gasteiger partial charge is 0.484 e. The zero-order valence-electron chi connectivity index (χ0n) is 14.8. The molecule has 24 heavy (non-hydrogen) atoms. The topological polar surface area (TPSA) is 41.6 Å². The van der Waals surface area contributed by atoms with E-state index >= 15 is 0 Å². The molecule has 5 heteroatoms. The monoisotopic (exact) mass is 352 g/mol. The molecular weight excluding hydrogens is 324 g/mol. The highest BCUT2D eigenvalue weighted by Gasteiger charge is 2.36. The van der Waals surface area contributed by atoms with Crippen LogP contribution in [0.25, 0.3) is 0 Å². The molecule has 2 unspecified atom stereocenters. The van der Waals surface area contributed by atoms with Crippen molar-refractivity contribution >= 4 is 18.3 Å². The summed E-state index contributed by atoms with van der Waals surface area (Å²) in [6.45, 7) is 4.46. The summed E-state index contributed by atoms with van der Waals surface area (Å²) in [6, 6.07) is 9.59. The molecule has 2 bridgehead atoms. The number of ether oxygens (including phenoxy) is 1. The molecule has 2 fully saturated rings. The number of amides is 1. The summed E-state index contributed by atoms with van der Waals surface area (Å²) in [5.74, 6) is 1.35. The Morgan fingerprint density at radius 1 is 1.21 bits per heavy atom. The summed E-state index contributed by atoms with van der Waals surface area (Å²) in [7, 11) is 1.92. The van der Waals surface area contributed by atoms with Gasteiger partial charge in [-0.15, -0.1) is 12.4 Å². The predicted octanol–water partition coefficient (Wildman–Crippen LogP) is 3.35. The van der Waals surface area contributed by atoms with Gasteiger partial charge in [0.05, 0.1) is 0 Å². The number of rotatable bonds is 5. The van der Waals surface area contributed by atoms with Crippen molar-refractivity contribution in [3.05, 3.63) is 29.8 Å². The average Bonchev–Trinajstić information content (AvgIpc) is 2.90. The number of hydrogen-bond acceptors (Lipinski definition) is 3. The fourth-order valence-electron chi connectivity index (χ4n) is 3.74. The normalized spacial score (nSPS) is 25.2. The van der Waals surface area contributed by atoms with E-state index in [1.807, 2.05) is 24.1 Å². The van der Waals surface area contributed by atoms with Crippen molar-refractivity contribution < 1.29 is 9.53 Å². The molecule has 2 aliphatic rings. The van der Waals surface area contributed by atoms with E-state index in [-0.39, 0.29) is 24.9 Å². The lowest BCUT2D eigenvalue weighted by atomic mass is 9.98. The van der Waals surface area contributed by atoms with Gasteiger partial charge in [0.1, 0.15) is 5.75 Å². The van der Waals surface area contributed by atoms with E-state index in [4.69, 9.17) is 4.74 Å². The Morgan fingerprint density at radius 3 is 2.33 bits per heavy atom. The maximum absolute atomic E-state index is 12.4.